The number of unbranched alkanes of at least 4 members (excludes halogenated alkanes) is 28. The molecule has 0 rings (SSSR count). The first-order valence-corrected chi connectivity index (χ1v) is 45.1. The number of hydrogen-bond acceptors (Lipinski definition) is 15. The molecule has 0 aromatic carbocycles. The van der Waals surface area contributed by atoms with Gasteiger partial charge in [0.1, 0.15) is 19.3 Å². The summed E-state index contributed by atoms with van der Waals surface area (Å²) in [6.45, 7) is 4.55. The Morgan fingerprint density at radius 2 is 0.491 bits per heavy atom. The van der Waals surface area contributed by atoms with Crippen LogP contribution in [-0.4, -0.2) is 96.7 Å². The smallest absolute Gasteiger partial charge is 0.462 e. The van der Waals surface area contributed by atoms with E-state index in [0.717, 1.165) is 225 Å². The molecule has 0 bridgehead atoms. The molecule has 0 saturated heterocycles. The minimum absolute atomic E-state index is 0.0711. The highest BCUT2D eigenvalue weighted by atomic mass is 31.2. The van der Waals surface area contributed by atoms with Crippen LogP contribution in [0.15, 0.2) is 146 Å². The highest BCUT2D eigenvalue weighted by Gasteiger charge is 2.30. The van der Waals surface area contributed by atoms with E-state index >= 15 is 0 Å². The van der Waals surface area contributed by atoms with Gasteiger partial charge in [-0.1, -0.05) is 296 Å². The molecule has 0 heterocycles. The predicted octanol–water partition coefficient (Wildman–Crippen LogP) is 25.0. The van der Waals surface area contributed by atoms with Gasteiger partial charge in [-0.3, -0.25) is 37.3 Å². The first-order valence-electron chi connectivity index (χ1n) is 42.1. The van der Waals surface area contributed by atoms with Gasteiger partial charge in [-0.15, -0.1) is 0 Å². The lowest BCUT2D eigenvalue weighted by Gasteiger charge is -2.21. The van der Waals surface area contributed by atoms with Crippen molar-refractivity contribution in [2.24, 2.45) is 0 Å². The van der Waals surface area contributed by atoms with Crippen molar-refractivity contribution in [2.75, 3.05) is 39.6 Å². The van der Waals surface area contributed by atoms with Crippen molar-refractivity contribution >= 4 is 39.5 Å². The Hall–Kier alpha value is -5.06. The van der Waals surface area contributed by atoms with Gasteiger partial charge in [0.25, 0.3) is 0 Å². The predicted molar refractivity (Wildman–Crippen MR) is 445 cm³/mol. The molecule has 0 spiro atoms. The van der Waals surface area contributed by atoms with Crippen molar-refractivity contribution in [1.82, 2.24) is 0 Å². The summed E-state index contributed by atoms with van der Waals surface area (Å²) in [5.41, 5.74) is 0. The summed E-state index contributed by atoms with van der Waals surface area (Å²) >= 11 is 0. The average Bonchev–Trinajstić information content (AvgIpc) is 0.917. The van der Waals surface area contributed by atoms with Crippen molar-refractivity contribution in [3.63, 3.8) is 0 Å². The maximum absolute atomic E-state index is 13.1. The van der Waals surface area contributed by atoms with E-state index in [9.17, 15) is 43.2 Å². The Kier molecular flexibility index (Phi) is 76.3. The van der Waals surface area contributed by atoms with E-state index in [4.69, 9.17) is 37.0 Å². The zero-order valence-corrected chi connectivity index (χ0v) is 69.5. The quantitative estimate of drug-likeness (QED) is 0.0169. The molecule has 0 aliphatic rings. The largest absolute Gasteiger partial charge is 0.472 e. The molecule has 5 unspecified atom stereocenters. The lowest BCUT2D eigenvalue weighted by Crippen LogP contribution is -2.30. The molecule has 17 nitrogen and oxygen atoms in total. The number of aliphatic hydroxyl groups excluding tert-OH is 1. The van der Waals surface area contributed by atoms with Gasteiger partial charge in [-0.2, -0.15) is 0 Å². The fraction of sp³-hybridized carbons (Fsp3) is 0.685. The maximum atomic E-state index is 13.1. The molecule has 0 aromatic rings. The molecule has 0 aliphatic carbocycles. The number of esters is 4. The van der Waals surface area contributed by atoms with Gasteiger partial charge in [0.05, 0.1) is 26.4 Å². The zero-order valence-electron chi connectivity index (χ0n) is 67.7. The summed E-state index contributed by atoms with van der Waals surface area (Å²) in [6, 6.07) is 0. The Morgan fingerprint density at radius 3 is 0.778 bits per heavy atom. The van der Waals surface area contributed by atoms with Gasteiger partial charge in [-0.25, -0.2) is 9.13 Å². The highest BCUT2D eigenvalue weighted by molar-refractivity contribution is 7.47. The maximum Gasteiger partial charge on any atom is 0.472 e. The third kappa shape index (κ3) is 79.0. The van der Waals surface area contributed by atoms with Crippen molar-refractivity contribution in [2.45, 2.75) is 354 Å². The molecule has 0 saturated carbocycles. The Morgan fingerprint density at radius 1 is 0.269 bits per heavy atom. The summed E-state index contributed by atoms with van der Waals surface area (Å²) in [4.78, 5) is 73.2. The van der Waals surface area contributed by atoms with Crippen molar-refractivity contribution < 1.29 is 80.2 Å². The Bertz CT molecular complexity index is 2610. The SMILES string of the molecule is CC/C=C\C/C=C\C/C=C\C/C=C\CCCCCCCCC(=O)OCC(COP(=O)(O)OCC(O)COP(=O)(O)OCC(COC(=O)CCCCCCCC/C=C\C/C=C\C/C=C\CCCCC)OC(=O)CCCCCCC/C=C\CCCC)OC(=O)CCCCCCCC/C=C\C/C=C\C/C=C\C/C=C\CC. The lowest BCUT2D eigenvalue weighted by atomic mass is 10.1. The van der Waals surface area contributed by atoms with E-state index in [1.807, 2.05) is 0 Å². The van der Waals surface area contributed by atoms with Crippen LogP contribution in [0.5, 0.6) is 0 Å². The minimum atomic E-state index is -4.99. The fourth-order valence-corrected chi connectivity index (χ4v) is 12.5. The van der Waals surface area contributed by atoms with Crippen LogP contribution >= 0.6 is 15.6 Å². The number of allylic oxidation sites excluding steroid dienone is 24. The van der Waals surface area contributed by atoms with Crippen molar-refractivity contribution in [3.8, 4) is 0 Å². The number of hydrogen-bond donors (Lipinski definition) is 3. The number of phosphoric acid groups is 2. The topological polar surface area (TPSA) is 237 Å². The fourth-order valence-electron chi connectivity index (χ4n) is 10.9. The number of phosphoric ester groups is 2. The summed E-state index contributed by atoms with van der Waals surface area (Å²) in [7, 11) is -9.98. The number of ether oxygens (including phenoxy) is 4. The first kappa shape index (κ1) is 103. The normalized spacial score (nSPS) is 14.5. The Balaban J connectivity index is 5.37. The summed E-state index contributed by atoms with van der Waals surface area (Å²) in [5.74, 6) is -2.23. The van der Waals surface area contributed by atoms with Gasteiger partial charge in [-0.05, 0) is 161 Å². The number of carbonyl (C=O) groups is 4. The van der Waals surface area contributed by atoms with E-state index in [-0.39, 0.29) is 25.7 Å². The van der Waals surface area contributed by atoms with Crippen LogP contribution in [-0.2, 0) is 65.4 Å². The molecule has 5 atom stereocenters. The Labute approximate surface area is 656 Å². The standard InChI is InChI=1S/C89H150O17P2/c1-5-9-13-17-21-25-29-32-35-38-41-44-47-50-54-57-61-65-69-73-86(91)99-79-84(105-88(93)75-71-67-63-59-53-28-24-20-16-12-8-4)81-103-107(95,96)101-77-83(90)78-102-108(97,98)104-82-85(106-89(94)76-72-68-64-60-56-52-49-46-43-40-37-34-31-27-23-19-15-11-7-3)80-100-87(92)74-70-66-62-58-55-51-48-45-42-39-36-33-30-26-22-18-14-10-6-2/h10-11,14-15,20-27,32-37,41-46,83-85,90H,5-9,12-13,16-19,28-31,38-40,47-82H2,1-4H3,(H,95,96)(H,97,98)/b14-10-,15-11-,24-20-,25-21-,26-22-,27-23-,35-32-,36-33-,37-34-,44-41-,45-42-,46-43-. The molecular weight excluding hydrogens is 1400 g/mol. The number of rotatable bonds is 78. The lowest BCUT2D eigenvalue weighted by molar-refractivity contribution is -0.161. The molecular formula is C89H150O17P2. The van der Waals surface area contributed by atoms with Gasteiger partial charge >= 0.3 is 39.5 Å². The average molecular weight is 1550 g/mol. The third-order valence-electron chi connectivity index (χ3n) is 17.3. The number of carbonyl (C=O) groups excluding carboxylic acids is 4. The summed E-state index contributed by atoms with van der Waals surface area (Å²) in [6.07, 6.45) is 92.4. The van der Waals surface area contributed by atoms with E-state index in [0.29, 0.717) is 25.7 Å². The third-order valence-corrected chi connectivity index (χ3v) is 19.2. The second-order valence-electron chi connectivity index (χ2n) is 27.6. The van der Waals surface area contributed by atoms with Crippen LogP contribution in [0.25, 0.3) is 0 Å². The monoisotopic (exact) mass is 1550 g/mol. The first-order chi connectivity index (χ1) is 52.7. The molecule has 19 heteroatoms. The van der Waals surface area contributed by atoms with Gasteiger partial charge < -0.3 is 33.8 Å². The van der Waals surface area contributed by atoms with E-state index in [2.05, 4.69) is 174 Å². The van der Waals surface area contributed by atoms with Crippen molar-refractivity contribution in [1.29, 1.82) is 0 Å². The van der Waals surface area contributed by atoms with E-state index < -0.39 is 97.5 Å². The summed E-state index contributed by atoms with van der Waals surface area (Å²) < 4.78 is 68.7. The van der Waals surface area contributed by atoms with Crippen LogP contribution in [0.4, 0.5) is 0 Å². The highest BCUT2D eigenvalue weighted by Crippen LogP contribution is 2.45. The van der Waals surface area contributed by atoms with Gasteiger partial charge in [0, 0.05) is 25.7 Å². The summed E-state index contributed by atoms with van der Waals surface area (Å²) in [5, 5.41) is 10.7. The molecule has 0 radical (unpaired) electrons. The molecule has 0 fully saturated rings. The zero-order chi connectivity index (χ0) is 78.9. The number of aliphatic hydroxyl groups is 1. The minimum Gasteiger partial charge on any atom is -0.462 e. The van der Waals surface area contributed by atoms with Crippen molar-refractivity contribution in [3.05, 3.63) is 146 Å². The van der Waals surface area contributed by atoms with Crippen LogP contribution < -0.4 is 0 Å². The van der Waals surface area contributed by atoms with E-state index in [1.54, 1.807) is 0 Å². The van der Waals surface area contributed by atoms with Gasteiger partial charge in [0.15, 0.2) is 12.2 Å². The second kappa shape index (κ2) is 80.0. The molecule has 0 aromatic heterocycles. The molecule has 3 N–H and O–H groups in total. The van der Waals surface area contributed by atoms with E-state index in [1.165, 1.54) is 32.1 Å². The van der Waals surface area contributed by atoms with Crippen LogP contribution in [0.3, 0.4) is 0 Å². The molecule has 0 aliphatic heterocycles. The van der Waals surface area contributed by atoms with Crippen LogP contribution in [0.2, 0.25) is 0 Å². The second-order valence-corrected chi connectivity index (χ2v) is 30.6. The molecule has 618 valence electrons. The molecule has 108 heavy (non-hydrogen) atoms. The van der Waals surface area contributed by atoms with Gasteiger partial charge in [0.2, 0.25) is 0 Å². The van der Waals surface area contributed by atoms with Crippen LogP contribution in [0.1, 0.15) is 336 Å². The molecule has 0 amide bonds. The van der Waals surface area contributed by atoms with Crippen LogP contribution in [0, 0.1) is 0 Å².